The zero-order valence-electron chi connectivity index (χ0n) is 22.2. The third-order valence-electron chi connectivity index (χ3n) is 7.25. The predicted octanol–water partition coefficient (Wildman–Crippen LogP) is 1.57. The maximum absolute atomic E-state index is 12.3. The number of aromatic nitrogens is 2. The third-order valence-corrected chi connectivity index (χ3v) is 7.25. The SMILES string of the molecule is N#CCC(=O)N1CCN(c2nc(C=N)c(C(N)=O)c(Nc3ccc(CN4CCC(CC(=O)O)CC4)cc3)n2)CC1. The summed E-state index contributed by atoms with van der Waals surface area (Å²) in [6, 6.07) is 9.59. The molecule has 40 heavy (non-hydrogen) atoms. The second-order valence-corrected chi connectivity index (χ2v) is 9.98. The molecule has 13 heteroatoms. The average molecular weight is 548 g/mol. The van der Waals surface area contributed by atoms with Gasteiger partial charge in [-0.2, -0.15) is 10.2 Å². The predicted molar refractivity (Wildman–Crippen MR) is 147 cm³/mol. The van der Waals surface area contributed by atoms with Gasteiger partial charge in [0, 0.05) is 51.0 Å². The van der Waals surface area contributed by atoms with Crippen molar-refractivity contribution in [3.63, 3.8) is 0 Å². The zero-order valence-corrected chi connectivity index (χ0v) is 22.2. The standard InChI is InChI=1S/C27H33N9O4/c28-8-5-22(37)35-11-13-36(14-12-35)27-32-21(16-29)24(25(30)40)26(33-27)31-20-3-1-19(2-4-20)17-34-9-6-18(7-10-34)15-23(38)39/h1-4,16,18,29H,5-7,9-15,17H2,(H2,30,40)(H,38,39)(H,31,32,33). The van der Waals surface area contributed by atoms with Gasteiger partial charge < -0.3 is 31.4 Å². The van der Waals surface area contributed by atoms with Gasteiger partial charge in [-0.1, -0.05) is 12.1 Å². The minimum atomic E-state index is -0.762. The lowest BCUT2D eigenvalue weighted by molar-refractivity contribution is -0.138. The van der Waals surface area contributed by atoms with Crippen molar-refractivity contribution in [3.8, 4) is 6.07 Å². The summed E-state index contributed by atoms with van der Waals surface area (Å²) in [4.78, 5) is 50.0. The fourth-order valence-electron chi connectivity index (χ4n) is 5.06. The van der Waals surface area contributed by atoms with Crippen LogP contribution in [0.4, 0.5) is 17.5 Å². The number of carbonyl (C=O) groups excluding carboxylic acids is 2. The van der Waals surface area contributed by atoms with Crippen LogP contribution in [0.15, 0.2) is 24.3 Å². The van der Waals surface area contributed by atoms with Crippen molar-refractivity contribution < 1.29 is 19.5 Å². The number of piperazine rings is 1. The van der Waals surface area contributed by atoms with Crippen LogP contribution in [0.25, 0.3) is 0 Å². The van der Waals surface area contributed by atoms with Crippen molar-refractivity contribution >= 4 is 41.5 Å². The molecular weight excluding hydrogens is 514 g/mol. The van der Waals surface area contributed by atoms with E-state index in [0.717, 1.165) is 44.3 Å². The minimum absolute atomic E-state index is 0.00916. The Labute approximate surface area is 232 Å². The second kappa shape index (κ2) is 13.0. The van der Waals surface area contributed by atoms with Crippen LogP contribution < -0.4 is 16.0 Å². The fraction of sp³-hybridized carbons (Fsp3) is 0.444. The molecule has 2 aliphatic heterocycles. The van der Waals surface area contributed by atoms with Crippen molar-refractivity contribution in [1.29, 1.82) is 10.7 Å². The van der Waals surface area contributed by atoms with Crippen molar-refractivity contribution in [1.82, 2.24) is 19.8 Å². The molecule has 3 heterocycles. The van der Waals surface area contributed by atoms with Gasteiger partial charge in [0.2, 0.25) is 11.9 Å². The Balaban J connectivity index is 1.45. The quantitative estimate of drug-likeness (QED) is 0.317. The number of amides is 2. The van der Waals surface area contributed by atoms with Crippen molar-refractivity contribution in [2.24, 2.45) is 11.7 Å². The molecule has 0 atom stereocenters. The normalized spacial score (nSPS) is 16.3. The number of nitriles is 1. The van der Waals surface area contributed by atoms with E-state index in [9.17, 15) is 14.4 Å². The van der Waals surface area contributed by atoms with Gasteiger partial charge in [0.05, 0.1) is 6.07 Å². The molecule has 0 saturated carbocycles. The maximum Gasteiger partial charge on any atom is 0.303 e. The van der Waals surface area contributed by atoms with Crippen LogP contribution in [0, 0.1) is 22.7 Å². The zero-order chi connectivity index (χ0) is 28.6. The summed E-state index contributed by atoms with van der Waals surface area (Å²) < 4.78 is 0. The first-order valence-electron chi connectivity index (χ1n) is 13.2. The van der Waals surface area contributed by atoms with Crippen molar-refractivity contribution in [2.45, 2.75) is 32.2 Å². The smallest absolute Gasteiger partial charge is 0.303 e. The van der Waals surface area contributed by atoms with E-state index >= 15 is 0 Å². The molecule has 0 unspecified atom stereocenters. The summed E-state index contributed by atoms with van der Waals surface area (Å²) in [5, 5.41) is 28.8. The molecule has 5 N–H and O–H groups in total. The highest BCUT2D eigenvalue weighted by Crippen LogP contribution is 2.26. The number of carboxylic acids is 1. The van der Waals surface area contributed by atoms with E-state index in [1.54, 1.807) is 4.90 Å². The molecule has 0 bridgehead atoms. The van der Waals surface area contributed by atoms with E-state index in [0.29, 0.717) is 37.8 Å². The molecule has 2 aromatic rings. The van der Waals surface area contributed by atoms with Gasteiger partial charge in [0.15, 0.2) is 0 Å². The van der Waals surface area contributed by atoms with Crippen LogP contribution in [-0.2, 0) is 16.1 Å². The van der Waals surface area contributed by atoms with E-state index < -0.39 is 11.9 Å². The van der Waals surface area contributed by atoms with Gasteiger partial charge in [0.1, 0.15) is 23.5 Å². The molecule has 13 nitrogen and oxygen atoms in total. The number of nitrogens with two attached hydrogens (primary N) is 1. The monoisotopic (exact) mass is 547 g/mol. The number of rotatable bonds is 10. The molecular formula is C27H33N9O4. The van der Waals surface area contributed by atoms with E-state index in [4.69, 9.17) is 21.5 Å². The average Bonchev–Trinajstić information content (AvgIpc) is 2.94. The van der Waals surface area contributed by atoms with Gasteiger partial charge in [-0.05, 0) is 49.5 Å². The van der Waals surface area contributed by atoms with Crippen LogP contribution >= 0.6 is 0 Å². The number of piperidine rings is 1. The fourth-order valence-corrected chi connectivity index (χ4v) is 5.06. The Morgan fingerprint density at radius 1 is 1.10 bits per heavy atom. The molecule has 1 aromatic carbocycles. The van der Waals surface area contributed by atoms with Gasteiger partial charge in [0.25, 0.3) is 5.91 Å². The summed E-state index contributed by atoms with van der Waals surface area (Å²) in [5.74, 6) is -0.995. The number of carbonyl (C=O) groups is 3. The lowest BCUT2D eigenvalue weighted by Gasteiger charge is -2.34. The van der Waals surface area contributed by atoms with Crippen LogP contribution in [0.2, 0.25) is 0 Å². The van der Waals surface area contributed by atoms with E-state index in [-0.39, 0.29) is 41.7 Å². The summed E-state index contributed by atoms with van der Waals surface area (Å²) in [6.07, 6.45) is 2.77. The van der Waals surface area contributed by atoms with E-state index in [2.05, 4.69) is 20.2 Å². The number of primary amides is 1. The largest absolute Gasteiger partial charge is 0.481 e. The number of aliphatic carboxylic acids is 1. The van der Waals surface area contributed by atoms with Gasteiger partial charge >= 0.3 is 5.97 Å². The van der Waals surface area contributed by atoms with E-state index in [1.807, 2.05) is 35.2 Å². The molecule has 2 amide bonds. The number of hydrogen-bond acceptors (Lipinski definition) is 10. The Morgan fingerprint density at radius 2 is 1.77 bits per heavy atom. The highest BCUT2D eigenvalue weighted by Gasteiger charge is 2.26. The summed E-state index contributed by atoms with van der Waals surface area (Å²) in [6.45, 7) is 4.16. The lowest BCUT2D eigenvalue weighted by atomic mass is 9.93. The van der Waals surface area contributed by atoms with Gasteiger partial charge in [-0.25, -0.2) is 4.98 Å². The molecule has 210 valence electrons. The number of nitrogens with zero attached hydrogens (tertiary/aromatic N) is 6. The van der Waals surface area contributed by atoms with Crippen LogP contribution in [0.3, 0.4) is 0 Å². The number of benzene rings is 1. The van der Waals surface area contributed by atoms with Crippen LogP contribution in [0.5, 0.6) is 0 Å². The molecule has 0 radical (unpaired) electrons. The van der Waals surface area contributed by atoms with Gasteiger partial charge in [-0.3, -0.25) is 19.3 Å². The molecule has 0 aliphatic carbocycles. The first kappa shape index (κ1) is 28.4. The summed E-state index contributed by atoms with van der Waals surface area (Å²) in [7, 11) is 0. The highest BCUT2D eigenvalue weighted by atomic mass is 16.4. The first-order valence-corrected chi connectivity index (χ1v) is 13.2. The Hall–Kier alpha value is -4.57. The lowest BCUT2D eigenvalue weighted by Crippen LogP contribution is -2.49. The van der Waals surface area contributed by atoms with Crippen molar-refractivity contribution in [3.05, 3.63) is 41.1 Å². The van der Waals surface area contributed by atoms with E-state index in [1.165, 1.54) is 0 Å². The molecule has 0 spiro atoms. The third kappa shape index (κ3) is 7.09. The highest BCUT2D eigenvalue weighted by molar-refractivity contribution is 6.04. The number of anilines is 3. The summed E-state index contributed by atoms with van der Waals surface area (Å²) >= 11 is 0. The molecule has 2 aliphatic rings. The molecule has 1 aromatic heterocycles. The number of nitrogens with one attached hydrogen (secondary N) is 2. The molecule has 4 rings (SSSR count). The van der Waals surface area contributed by atoms with Crippen molar-refractivity contribution in [2.75, 3.05) is 49.5 Å². The molecule has 2 saturated heterocycles. The van der Waals surface area contributed by atoms with Gasteiger partial charge in [-0.15, -0.1) is 0 Å². The maximum atomic E-state index is 12.3. The van der Waals surface area contributed by atoms with Crippen LogP contribution in [-0.4, -0.2) is 88.1 Å². The Bertz CT molecular complexity index is 1290. The number of hydrogen-bond donors (Lipinski definition) is 4. The topological polar surface area (TPSA) is 193 Å². The first-order chi connectivity index (χ1) is 19.3. The number of likely N-dealkylation sites (tertiary alicyclic amines) is 1. The molecule has 2 fully saturated rings. The summed E-state index contributed by atoms with van der Waals surface area (Å²) in [5.41, 5.74) is 7.51. The Kier molecular flexibility index (Phi) is 9.23. The second-order valence-electron chi connectivity index (χ2n) is 9.98. The Morgan fingerprint density at radius 3 is 2.35 bits per heavy atom. The number of carboxylic acid groups (broad SMARTS) is 1. The van der Waals surface area contributed by atoms with Crippen LogP contribution in [0.1, 0.15) is 47.3 Å². The minimum Gasteiger partial charge on any atom is -0.481 e.